The number of phenols is 1. The van der Waals surface area contributed by atoms with Crippen LogP contribution in [0.25, 0.3) is 0 Å². The minimum atomic E-state index is -0.0469. The Hall–Kier alpha value is -1.22. The van der Waals surface area contributed by atoms with E-state index in [-0.39, 0.29) is 18.5 Å². The van der Waals surface area contributed by atoms with Crippen LogP contribution >= 0.6 is 0 Å². The van der Waals surface area contributed by atoms with Gasteiger partial charge in [0.25, 0.3) is 0 Å². The Morgan fingerprint density at radius 1 is 1.38 bits per heavy atom. The molecule has 0 aliphatic carbocycles. The first-order valence-electron chi connectivity index (χ1n) is 4.23. The van der Waals surface area contributed by atoms with Crippen molar-refractivity contribution in [3.8, 4) is 11.5 Å². The van der Waals surface area contributed by atoms with Gasteiger partial charge < -0.3 is 14.9 Å². The third-order valence-electron chi connectivity index (χ3n) is 1.57. The number of rotatable bonds is 3. The van der Waals surface area contributed by atoms with E-state index in [0.717, 1.165) is 5.56 Å². The first kappa shape index (κ1) is 9.86. The minimum absolute atomic E-state index is 0.0137. The predicted octanol–water partition coefficient (Wildman–Crippen LogP) is 1.67. The summed E-state index contributed by atoms with van der Waals surface area (Å²) in [5.74, 6) is 0.521. The van der Waals surface area contributed by atoms with Crippen molar-refractivity contribution in [1.82, 2.24) is 0 Å². The molecule has 0 aliphatic rings. The van der Waals surface area contributed by atoms with E-state index in [0.29, 0.717) is 5.75 Å². The summed E-state index contributed by atoms with van der Waals surface area (Å²) in [6, 6.07) is 4.81. The topological polar surface area (TPSA) is 49.7 Å². The third kappa shape index (κ3) is 2.63. The van der Waals surface area contributed by atoms with Crippen molar-refractivity contribution in [3.63, 3.8) is 0 Å². The van der Waals surface area contributed by atoms with Crippen LogP contribution in [-0.2, 0) is 6.61 Å². The lowest BCUT2D eigenvalue weighted by Crippen LogP contribution is -2.05. The highest BCUT2D eigenvalue weighted by Crippen LogP contribution is 2.27. The van der Waals surface area contributed by atoms with E-state index < -0.39 is 0 Å². The molecule has 0 unspecified atom stereocenters. The highest BCUT2D eigenvalue weighted by Gasteiger charge is 2.04. The van der Waals surface area contributed by atoms with Gasteiger partial charge in [0.2, 0.25) is 0 Å². The van der Waals surface area contributed by atoms with Crippen LogP contribution in [0.5, 0.6) is 11.5 Å². The molecule has 0 fully saturated rings. The quantitative estimate of drug-likeness (QED) is 0.747. The second-order valence-electron chi connectivity index (χ2n) is 3.13. The number of hydrogen-bond acceptors (Lipinski definition) is 3. The molecule has 72 valence electrons. The molecule has 13 heavy (non-hydrogen) atoms. The number of aromatic hydroxyl groups is 1. The molecule has 0 aliphatic heterocycles. The Morgan fingerprint density at radius 3 is 2.62 bits per heavy atom. The van der Waals surface area contributed by atoms with Crippen LogP contribution in [-0.4, -0.2) is 16.3 Å². The first-order chi connectivity index (χ1) is 6.13. The van der Waals surface area contributed by atoms with Gasteiger partial charge in [0.05, 0.1) is 12.7 Å². The summed E-state index contributed by atoms with van der Waals surface area (Å²) in [4.78, 5) is 0. The van der Waals surface area contributed by atoms with Crippen LogP contribution in [0.15, 0.2) is 18.2 Å². The van der Waals surface area contributed by atoms with Gasteiger partial charge in [-0.3, -0.25) is 0 Å². The summed E-state index contributed by atoms with van der Waals surface area (Å²) >= 11 is 0. The zero-order valence-electron chi connectivity index (χ0n) is 7.82. The summed E-state index contributed by atoms with van der Waals surface area (Å²) in [6.07, 6.45) is 0.0137. The van der Waals surface area contributed by atoms with Crippen LogP contribution in [0.2, 0.25) is 0 Å². The molecule has 0 heterocycles. The number of ether oxygens (including phenoxy) is 1. The smallest absolute Gasteiger partial charge is 0.161 e. The maximum atomic E-state index is 9.37. The first-order valence-corrected chi connectivity index (χ1v) is 4.23. The summed E-state index contributed by atoms with van der Waals surface area (Å²) < 4.78 is 5.33. The van der Waals surface area contributed by atoms with Crippen molar-refractivity contribution in [1.29, 1.82) is 0 Å². The molecule has 3 nitrogen and oxygen atoms in total. The van der Waals surface area contributed by atoms with E-state index in [1.807, 2.05) is 13.8 Å². The molecule has 0 saturated heterocycles. The molecular formula is C10H14O3. The van der Waals surface area contributed by atoms with Crippen molar-refractivity contribution in [2.75, 3.05) is 0 Å². The van der Waals surface area contributed by atoms with Gasteiger partial charge in [-0.1, -0.05) is 6.07 Å². The molecule has 0 bridgehead atoms. The van der Waals surface area contributed by atoms with Gasteiger partial charge in [-0.2, -0.15) is 0 Å². The maximum Gasteiger partial charge on any atom is 0.161 e. The Kier molecular flexibility index (Phi) is 3.14. The van der Waals surface area contributed by atoms with Crippen LogP contribution < -0.4 is 4.74 Å². The fraction of sp³-hybridized carbons (Fsp3) is 0.400. The molecular weight excluding hydrogens is 168 g/mol. The minimum Gasteiger partial charge on any atom is -0.504 e. The highest BCUT2D eigenvalue weighted by molar-refractivity contribution is 5.41. The highest BCUT2D eigenvalue weighted by atomic mass is 16.5. The van der Waals surface area contributed by atoms with E-state index in [1.165, 1.54) is 6.07 Å². The van der Waals surface area contributed by atoms with Gasteiger partial charge in [0.15, 0.2) is 11.5 Å². The molecule has 0 saturated carbocycles. The molecule has 2 N–H and O–H groups in total. The number of benzene rings is 1. The average molecular weight is 182 g/mol. The van der Waals surface area contributed by atoms with Gasteiger partial charge in [0.1, 0.15) is 0 Å². The molecule has 0 spiro atoms. The van der Waals surface area contributed by atoms with Crippen molar-refractivity contribution in [2.45, 2.75) is 26.6 Å². The second-order valence-corrected chi connectivity index (χ2v) is 3.13. The standard InChI is InChI=1S/C10H14O3/c1-7(2)13-10-5-8(6-11)3-4-9(10)12/h3-5,7,11-12H,6H2,1-2H3. The van der Waals surface area contributed by atoms with Crippen LogP contribution in [0.1, 0.15) is 19.4 Å². The number of hydrogen-bond donors (Lipinski definition) is 2. The maximum absolute atomic E-state index is 9.37. The number of aliphatic hydroxyl groups excluding tert-OH is 1. The van der Waals surface area contributed by atoms with Crippen LogP contribution in [0, 0.1) is 0 Å². The van der Waals surface area contributed by atoms with Crippen molar-refractivity contribution >= 4 is 0 Å². The lowest BCUT2D eigenvalue weighted by molar-refractivity contribution is 0.230. The zero-order valence-corrected chi connectivity index (χ0v) is 7.82. The Labute approximate surface area is 77.6 Å². The summed E-state index contributed by atoms with van der Waals surface area (Å²) in [6.45, 7) is 3.71. The van der Waals surface area contributed by atoms with E-state index in [1.54, 1.807) is 12.1 Å². The normalized spacial score (nSPS) is 10.5. The van der Waals surface area contributed by atoms with Gasteiger partial charge in [-0.15, -0.1) is 0 Å². The van der Waals surface area contributed by atoms with Crippen LogP contribution in [0.4, 0.5) is 0 Å². The van der Waals surface area contributed by atoms with Gasteiger partial charge in [0, 0.05) is 0 Å². The molecule has 0 radical (unpaired) electrons. The van der Waals surface area contributed by atoms with Gasteiger partial charge in [-0.25, -0.2) is 0 Å². The summed E-state index contributed by atoms with van der Waals surface area (Å²) in [5, 5.41) is 18.2. The second kappa shape index (κ2) is 4.14. The fourth-order valence-electron chi connectivity index (χ4n) is 1.01. The predicted molar refractivity (Wildman–Crippen MR) is 49.8 cm³/mol. The van der Waals surface area contributed by atoms with Crippen molar-refractivity contribution in [3.05, 3.63) is 23.8 Å². The lowest BCUT2D eigenvalue weighted by atomic mass is 10.2. The molecule has 1 rings (SSSR count). The number of aliphatic hydroxyl groups is 1. The molecule has 0 amide bonds. The molecule has 0 atom stereocenters. The van der Waals surface area contributed by atoms with Crippen LogP contribution in [0.3, 0.4) is 0 Å². The molecule has 3 heteroatoms. The van der Waals surface area contributed by atoms with Gasteiger partial charge in [-0.05, 0) is 31.5 Å². The van der Waals surface area contributed by atoms with E-state index >= 15 is 0 Å². The molecule has 1 aromatic carbocycles. The Balaban J connectivity index is 2.90. The largest absolute Gasteiger partial charge is 0.504 e. The SMILES string of the molecule is CC(C)Oc1cc(CO)ccc1O. The molecule has 1 aromatic rings. The average Bonchev–Trinajstić information content (AvgIpc) is 2.08. The Bertz CT molecular complexity index is 281. The van der Waals surface area contributed by atoms with E-state index in [2.05, 4.69) is 0 Å². The van der Waals surface area contributed by atoms with E-state index in [4.69, 9.17) is 9.84 Å². The lowest BCUT2D eigenvalue weighted by Gasteiger charge is -2.11. The van der Waals surface area contributed by atoms with Crippen molar-refractivity contribution in [2.24, 2.45) is 0 Å². The zero-order chi connectivity index (χ0) is 9.84. The van der Waals surface area contributed by atoms with Gasteiger partial charge >= 0.3 is 0 Å². The summed E-state index contributed by atoms with van der Waals surface area (Å²) in [7, 11) is 0. The number of phenolic OH excluding ortho intramolecular Hbond substituents is 1. The monoisotopic (exact) mass is 182 g/mol. The Morgan fingerprint density at radius 2 is 2.08 bits per heavy atom. The third-order valence-corrected chi connectivity index (χ3v) is 1.57. The summed E-state index contributed by atoms with van der Waals surface area (Å²) in [5.41, 5.74) is 0.730. The van der Waals surface area contributed by atoms with Crippen molar-refractivity contribution < 1.29 is 14.9 Å². The fourth-order valence-corrected chi connectivity index (χ4v) is 1.01. The van der Waals surface area contributed by atoms with E-state index in [9.17, 15) is 5.11 Å². The molecule has 0 aromatic heterocycles.